The van der Waals surface area contributed by atoms with Crippen molar-refractivity contribution in [2.24, 2.45) is 0 Å². The Morgan fingerprint density at radius 1 is 1.50 bits per heavy atom. The van der Waals surface area contributed by atoms with E-state index in [2.05, 4.69) is 9.97 Å². The first-order valence-corrected chi connectivity index (χ1v) is 4.85. The van der Waals surface area contributed by atoms with Crippen LogP contribution in [-0.2, 0) is 11.3 Å². The maximum absolute atomic E-state index is 11.4. The van der Waals surface area contributed by atoms with Crippen molar-refractivity contribution in [1.82, 2.24) is 9.97 Å². The van der Waals surface area contributed by atoms with Crippen LogP contribution in [0.5, 0.6) is 0 Å². The molecule has 0 atom stereocenters. The second-order valence-electron chi connectivity index (χ2n) is 3.43. The number of ether oxygens (including phenoxy) is 1. The molecular formula is C11H12N2O3. The maximum atomic E-state index is 11.4. The third-order valence-corrected chi connectivity index (χ3v) is 2.06. The number of aromatic amines is 1. The van der Waals surface area contributed by atoms with Crippen molar-refractivity contribution < 1.29 is 9.15 Å². The zero-order valence-corrected chi connectivity index (χ0v) is 9.11. The molecule has 2 rings (SSSR count). The van der Waals surface area contributed by atoms with Gasteiger partial charge in [-0.3, -0.25) is 4.79 Å². The van der Waals surface area contributed by atoms with E-state index in [-0.39, 0.29) is 5.56 Å². The number of nitrogens with one attached hydrogen (secondary N) is 1. The Bertz CT molecular complexity index is 542. The van der Waals surface area contributed by atoms with Gasteiger partial charge in [0, 0.05) is 13.2 Å². The molecule has 0 spiro atoms. The van der Waals surface area contributed by atoms with Crippen molar-refractivity contribution in [3.63, 3.8) is 0 Å². The van der Waals surface area contributed by atoms with Gasteiger partial charge in [-0.15, -0.1) is 0 Å². The van der Waals surface area contributed by atoms with Gasteiger partial charge < -0.3 is 14.1 Å². The lowest BCUT2D eigenvalue weighted by atomic mass is 10.3. The first-order chi connectivity index (χ1) is 7.69. The predicted molar refractivity (Wildman–Crippen MR) is 58.0 cm³/mol. The molecule has 0 radical (unpaired) electrons. The number of methoxy groups -OCH3 is 1. The second kappa shape index (κ2) is 4.32. The third kappa shape index (κ3) is 2.20. The monoisotopic (exact) mass is 220 g/mol. The number of H-pyrrole nitrogens is 1. The van der Waals surface area contributed by atoms with Crippen LogP contribution in [0.15, 0.2) is 27.4 Å². The molecule has 0 aliphatic heterocycles. The van der Waals surface area contributed by atoms with E-state index in [0.717, 1.165) is 5.76 Å². The Balaban J connectivity index is 2.44. The van der Waals surface area contributed by atoms with E-state index in [1.54, 1.807) is 13.2 Å². The van der Waals surface area contributed by atoms with Crippen molar-refractivity contribution in [3.8, 4) is 11.6 Å². The van der Waals surface area contributed by atoms with Crippen LogP contribution in [-0.4, -0.2) is 17.1 Å². The minimum Gasteiger partial charge on any atom is -0.458 e. The summed E-state index contributed by atoms with van der Waals surface area (Å²) < 4.78 is 10.3. The highest BCUT2D eigenvalue weighted by Gasteiger charge is 2.07. The summed E-state index contributed by atoms with van der Waals surface area (Å²) >= 11 is 0. The van der Waals surface area contributed by atoms with Gasteiger partial charge in [-0.2, -0.15) is 0 Å². The molecule has 5 heteroatoms. The molecule has 0 aromatic carbocycles. The average molecular weight is 220 g/mol. The molecule has 0 unspecified atom stereocenters. The molecule has 0 amide bonds. The predicted octanol–water partition coefficient (Wildman–Crippen LogP) is 1.48. The van der Waals surface area contributed by atoms with E-state index in [1.807, 2.05) is 13.0 Å². The molecule has 2 aromatic heterocycles. The van der Waals surface area contributed by atoms with Gasteiger partial charge in [0.05, 0.1) is 12.3 Å². The number of hydrogen-bond donors (Lipinski definition) is 1. The molecule has 0 aliphatic rings. The van der Waals surface area contributed by atoms with Crippen LogP contribution < -0.4 is 5.56 Å². The fourth-order valence-electron chi connectivity index (χ4n) is 1.41. The average Bonchev–Trinajstić information content (AvgIpc) is 2.64. The van der Waals surface area contributed by atoms with E-state index < -0.39 is 0 Å². The van der Waals surface area contributed by atoms with E-state index >= 15 is 0 Å². The fourth-order valence-corrected chi connectivity index (χ4v) is 1.41. The van der Waals surface area contributed by atoms with E-state index in [9.17, 15) is 4.79 Å². The van der Waals surface area contributed by atoms with Crippen LogP contribution in [0, 0.1) is 6.92 Å². The number of furan rings is 1. The number of hydrogen-bond acceptors (Lipinski definition) is 4. The molecule has 2 aromatic rings. The van der Waals surface area contributed by atoms with Gasteiger partial charge in [-0.1, -0.05) is 0 Å². The molecule has 0 saturated carbocycles. The smallest absolute Gasteiger partial charge is 0.251 e. The van der Waals surface area contributed by atoms with Gasteiger partial charge in [0.2, 0.25) is 0 Å². The molecule has 0 aliphatic carbocycles. The molecule has 2 heterocycles. The first kappa shape index (κ1) is 10.6. The van der Waals surface area contributed by atoms with Gasteiger partial charge in [0.25, 0.3) is 5.56 Å². The van der Waals surface area contributed by atoms with Gasteiger partial charge in [-0.25, -0.2) is 4.98 Å². The molecule has 84 valence electrons. The third-order valence-electron chi connectivity index (χ3n) is 2.06. The van der Waals surface area contributed by atoms with Crippen molar-refractivity contribution in [3.05, 3.63) is 40.0 Å². The topological polar surface area (TPSA) is 68.1 Å². The highest BCUT2D eigenvalue weighted by molar-refractivity contribution is 5.46. The van der Waals surface area contributed by atoms with Crippen LogP contribution >= 0.6 is 0 Å². The summed E-state index contributed by atoms with van der Waals surface area (Å²) in [7, 11) is 1.56. The Morgan fingerprint density at radius 3 is 2.94 bits per heavy atom. The molecule has 0 fully saturated rings. The van der Waals surface area contributed by atoms with Crippen molar-refractivity contribution in [2.45, 2.75) is 13.5 Å². The van der Waals surface area contributed by atoms with Crippen LogP contribution in [0.2, 0.25) is 0 Å². The Kier molecular flexibility index (Phi) is 2.87. The largest absolute Gasteiger partial charge is 0.458 e. The van der Waals surface area contributed by atoms with Crippen LogP contribution in [0.3, 0.4) is 0 Å². The van der Waals surface area contributed by atoms with Crippen molar-refractivity contribution in [2.75, 3.05) is 7.11 Å². The van der Waals surface area contributed by atoms with Gasteiger partial charge in [0.1, 0.15) is 5.76 Å². The number of rotatable bonds is 3. The standard InChI is InChI=1S/C11H12N2O3/c1-7-3-4-9(16-7)11-12-8(6-15-2)5-10(14)13-11/h3-5H,6H2,1-2H3,(H,12,13,14). The zero-order chi connectivity index (χ0) is 11.5. The summed E-state index contributed by atoms with van der Waals surface area (Å²) in [5.41, 5.74) is 0.362. The Morgan fingerprint density at radius 2 is 2.31 bits per heavy atom. The first-order valence-electron chi connectivity index (χ1n) is 4.85. The molecular weight excluding hydrogens is 208 g/mol. The summed E-state index contributed by atoms with van der Waals surface area (Å²) in [6, 6.07) is 4.99. The summed E-state index contributed by atoms with van der Waals surface area (Å²) in [4.78, 5) is 18.2. The quantitative estimate of drug-likeness (QED) is 0.850. The highest BCUT2D eigenvalue weighted by atomic mass is 16.5. The summed E-state index contributed by atoms with van der Waals surface area (Å²) in [5, 5.41) is 0. The zero-order valence-electron chi connectivity index (χ0n) is 9.11. The molecule has 16 heavy (non-hydrogen) atoms. The van der Waals surface area contributed by atoms with E-state index in [0.29, 0.717) is 23.9 Å². The van der Waals surface area contributed by atoms with Crippen molar-refractivity contribution >= 4 is 0 Å². The molecule has 0 saturated heterocycles. The van der Waals surface area contributed by atoms with E-state index in [1.165, 1.54) is 6.07 Å². The van der Waals surface area contributed by atoms with Crippen LogP contribution in [0.1, 0.15) is 11.5 Å². The SMILES string of the molecule is COCc1cc(=O)[nH]c(-c2ccc(C)o2)n1. The minimum absolute atomic E-state index is 0.217. The lowest BCUT2D eigenvalue weighted by Crippen LogP contribution is -2.10. The van der Waals surface area contributed by atoms with Crippen molar-refractivity contribution in [1.29, 1.82) is 0 Å². The summed E-state index contributed by atoms with van der Waals surface area (Å²) in [6.45, 7) is 2.14. The van der Waals surface area contributed by atoms with Crippen LogP contribution in [0.4, 0.5) is 0 Å². The number of nitrogens with zero attached hydrogens (tertiary/aromatic N) is 1. The fraction of sp³-hybridized carbons (Fsp3) is 0.273. The highest BCUT2D eigenvalue weighted by Crippen LogP contribution is 2.16. The van der Waals surface area contributed by atoms with E-state index in [4.69, 9.17) is 9.15 Å². The normalized spacial score (nSPS) is 10.6. The van der Waals surface area contributed by atoms with Crippen LogP contribution in [0.25, 0.3) is 11.6 Å². The number of aromatic nitrogens is 2. The number of aryl methyl sites for hydroxylation is 1. The lowest BCUT2D eigenvalue weighted by Gasteiger charge is -2.00. The molecule has 0 bridgehead atoms. The molecule has 1 N–H and O–H groups in total. The van der Waals surface area contributed by atoms with Gasteiger partial charge in [-0.05, 0) is 19.1 Å². The summed E-state index contributed by atoms with van der Waals surface area (Å²) in [6.07, 6.45) is 0. The Labute approximate surface area is 92.1 Å². The van der Waals surface area contributed by atoms with Gasteiger partial charge >= 0.3 is 0 Å². The summed E-state index contributed by atoms with van der Waals surface area (Å²) in [5.74, 6) is 1.75. The molecule has 5 nitrogen and oxygen atoms in total. The minimum atomic E-state index is -0.217. The second-order valence-corrected chi connectivity index (χ2v) is 3.43. The van der Waals surface area contributed by atoms with Gasteiger partial charge in [0.15, 0.2) is 11.6 Å². The lowest BCUT2D eigenvalue weighted by molar-refractivity contribution is 0.181. The Hall–Kier alpha value is -1.88. The maximum Gasteiger partial charge on any atom is 0.251 e.